The first-order valence-corrected chi connectivity index (χ1v) is 7.39. The molecule has 0 fully saturated rings. The van der Waals surface area contributed by atoms with Crippen molar-refractivity contribution >= 4 is 11.0 Å². The van der Waals surface area contributed by atoms with Gasteiger partial charge in [0.15, 0.2) is 0 Å². The van der Waals surface area contributed by atoms with E-state index >= 15 is 0 Å². The Labute approximate surface area is 125 Å². The summed E-state index contributed by atoms with van der Waals surface area (Å²) < 4.78 is 5.67. The molecule has 0 saturated heterocycles. The summed E-state index contributed by atoms with van der Waals surface area (Å²) in [5, 5.41) is 4.72. The Bertz CT molecular complexity index is 715. The van der Waals surface area contributed by atoms with Gasteiger partial charge < -0.3 is 9.73 Å². The maximum Gasteiger partial charge on any atom is 0.134 e. The van der Waals surface area contributed by atoms with E-state index in [1.807, 2.05) is 24.6 Å². The summed E-state index contributed by atoms with van der Waals surface area (Å²) >= 11 is 0. The fourth-order valence-electron chi connectivity index (χ4n) is 2.63. The summed E-state index contributed by atoms with van der Waals surface area (Å²) in [6.45, 7) is 5.09. The van der Waals surface area contributed by atoms with Gasteiger partial charge in [-0.25, -0.2) is 0 Å². The molecule has 1 unspecified atom stereocenters. The number of para-hydroxylation sites is 1. The van der Waals surface area contributed by atoms with Crippen LogP contribution in [0.3, 0.4) is 0 Å². The van der Waals surface area contributed by atoms with E-state index in [2.05, 4.69) is 48.4 Å². The predicted molar refractivity (Wildman–Crippen MR) is 85.3 cm³/mol. The minimum atomic E-state index is 0.217. The molecule has 0 aliphatic rings. The number of hydrogen-bond donors (Lipinski definition) is 1. The molecule has 2 heterocycles. The van der Waals surface area contributed by atoms with Crippen molar-refractivity contribution in [2.45, 2.75) is 26.3 Å². The Kier molecular flexibility index (Phi) is 4.02. The van der Waals surface area contributed by atoms with E-state index in [1.54, 1.807) is 0 Å². The standard InChI is InChI=1S/C18H20N2O/c1-3-19-17(10-14-9-8-13(2)11-20-14)16-12-21-18-7-5-4-6-15(16)18/h4-9,11-12,17,19H,3,10H2,1-2H3. The third-order valence-electron chi connectivity index (χ3n) is 3.72. The molecule has 21 heavy (non-hydrogen) atoms. The van der Waals surface area contributed by atoms with Gasteiger partial charge in [0.1, 0.15) is 5.58 Å². The summed E-state index contributed by atoms with van der Waals surface area (Å²) in [4.78, 5) is 4.52. The number of nitrogens with one attached hydrogen (secondary N) is 1. The van der Waals surface area contributed by atoms with Gasteiger partial charge in [0.2, 0.25) is 0 Å². The van der Waals surface area contributed by atoms with E-state index in [9.17, 15) is 0 Å². The van der Waals surface area contributed by atoms with Crippen LogP contribution in [0.25, 0.3) is 11.0 Å². The van der Waals surface area contributed by atoms with Crippen molar-refractivity contribution in [2.75, 3.05) is 6.54 Å². The van der Waals surface area contributed by atoms with Crippen LogP contribution < -0.4 is 5.32 Å². The molecule has 0 amide bonds. The molecule has 0 spiro atoms. The van der Waals surface area contributed by atoms with Crippen LogP contribution in [0.1, 0.15) is 29.8 Å². The largest absolute Gasteiger partial charge is 0.464 e. The quantitative estimate of drug-likeness (QED) is 0.766. The van der Waals surface area contributed by atoms with Gasteiger partial charge in [-0.3, -0.25) is 4.98 Å². The second kappa shape index (κ2) is 6.10. The Hall–Kier alpha value is -2.13. The highest BCUT2D eigenvalue weighted by molar-refractivity contribution is 5.81. The molecular formula is C18H20N2O. The van der Waals surface area contributed by atoms with E-state index in [4.69, 9.17) is 4.42 Å². The van der Waals surface area contributed by atoms with Crippen molar-refractivity contribution in [2.24, 2.45) is 0 Å². The molecule has 108 valence electrons. The van der Waals surface area contributed by atoms with Crippen LogP contribution in [0.5, 0.6) is 0 Å². The molecule has 0 aliphatic heterocycles. The Balaban J connectivity index is 1.92. The number of aromatic nitrogens is 1. The number of fused-ring (bicyclic) bond motifs is 1. The fraction of sp³-hybridized carbons (Fsp3) is 0.278. The SMILES string of the molecule is CCNC(Cc1ccc(C)cn1)c1coc2ccccc12. The van der Waals surface area contributed by atoms with Gasteiger partial charge in [-0.1, -0.05) is 31.2 Å². The van der Waals surface area contributed by atoms with Crippen molar-refractivity contribution in [1.82, 2.24) is 10.3 Å². The maximum absolute atomic E-state index is 5.67. The Morgan fingerprint density at radius 3 is 2.81 bits per heavy atom. The number of aryl methyl sites for hydroxylation is 1. The summed E-state index contributed by atoms with van der Waals surface area (Å²) in [5.41, 5.74) is 4.42. The maximum atomic E-state index is 5.67. The predicted octanol–water partition coefficient (Wildman–Crippen LogP) is 4.03. The van der Waals surface area contributed by atoms with Gasteiger partial charge in [-0.2, -0.15) is 0 Å². The highest BCUT2D eigenvalue weighted by Gasteiger charge is 2.17. The third-order valence-corrected chi connectivity index (χ3v) is 3.72. The smallest absolute Gasteiger partial charge is 0.134 e. The third kappa shape index (κ3) is 2.98. The van der Waals surface area contributed by atoms with E-state index < -0.39 is 0 Å². The average Bonchev–Trinajstić information content (AvgIpc) is 2.93. The number of pyridine rings is 1. The summed E-state index contributed by atoms with van der Waals surface area (Å²) in [6, 6.07) is 12.6. The normalized spacial score (nSPS) is 12.7. The number of nitrogens with zero attached hydrogens (tertiary/aromatic N) is 1. The van der Waals surface area contributed by atoms with Crippen LogP contribution in [0, 0.1) is 6.92 Å². The van der Waals surface area contributed by atoms with E-state index in [1.165, 1.54) is 16.5 Å². The monoisotopic (exact) mass is 280 g/mol. The summed E-state index contributed by atoms with van der Waals surface area (Å²) in [6.07, 6.45) is 4.65. The van der Waals surface area contributed by atoms with E-state index in [-0.39, 0.29) is 6.04 Å². The molecule has 1 aromatic carbocycles. The van der Waals surface area contributed by atoms with Crippen molar-refractivity contribution in [3.05, 3.63) is 65.7 Å². The first-order chi connectivity index (χ1) is 10.3. The summed E-state index contributed by atoms with van der Waals surface area (Å²) in [7, 11) is 0. The zero-order valence-electron chi connectivity index (χ0n) is 12.5. The topological polar surface area (TPSA) is 38.1 Å². The zero-order chi connectivity index (χ0) is 14.7. The lowest BCUT2D eigenvalue weighted by atomic mass is 10.0. The lowest BCUT2D eigenvalue weighted by Crippen LogP contribution is -2.23. The van der Waals surface area contributed by atoms with Gasteiger partial charge in [0.05, 0.1) is 6.26 Å². The average molecular weight is 280 g/mol. The zero-order valence-corrected chi connectivity index (χ0v) is 12.5. The number of rotatable bonds is 5. The van der Waals surface area contributed by atoms with Crippen LogP contribution in [0.2, 0.25) is 0 Å². The van der Waals surface area contributed by atoms with Crippen LogP contribution in [0.4, 0.5) is 0 Å². The molecule has 3 heteroatoms. The van der Waals surface area contributed by atoms with Gasteiger partial charge in [0.25, 0.3) is 0 Å². The molecule has 3 aromatic rings. The van der Waals surface area contributed by atoms with Crippen molar-refractivity contribution in [1.29, 1.82) is 0 Å². The lowest BCUT2D eigenvalue weighted by Gasteiger charge is -2.16. The molecular weight excluding hydrogens is 260 g/mol. The van der Waals surface area contributed by atoms with Crippen LogP contribution >= 0.6 is 0 Å². The number of hydrogen-bond acceptors (Lipinski definition) is 3. The van der Waals surface area contributed by atoms with Crippen molar-refractivity contribution in [3.8, 4) is 0 Å². The van der Waals surface area contributed by atoms with E-state index in [0.29, 0.717) is 0 Å². The van der Waals surface area contributed by atoms with Gasteiger partial charge in [-0.15, -0.1) is 0 Å². The minimum Gasteiger partial charge on any atom is -0.464 e. The lowest BCUT2D eigenvalue weighted by molar-refractivity contribution is 0.531. The minimum absolute atomic E-state index is 0.217. The number of benzene rings is 1. The number of furan rings is 1. The molecule has 3 nitrogen and oxygen atoms in total. The van der Waals surface area contributed by atoms with Gasteiger partial charge in [-0.05, 0) is 31.2 Å². The Morgan fingerprint density at radius 2 is 2.05 bits per heavy atom. The van der Waals surface area contributed by atoms with Gasteiger partial charge in [0, 0.05) is 35.3 Å². The first kappa shape index (κ1) is 13.8. The van der Waals surface area contributed by atoms with Crippen molar-refractivity contribution in [3.63, 3.8) is 0 Å². The molecule has 1 N–H and O–H groups in total. The van der Waals surface area contributed by atoms with E-state index in [0.717, 1.165) is 24.2 Å². The second-order valence-corrected chi connectivity index (χ2v) is 5.33. The second-order valence-electron chi connectivity index (χ2n) is 5.33. The highest BCUT2D eigenvalue weighted by atomic mass is 16.3. The number of likely N-dealkylation sites (N-methyl/N-ethyl adjacent to an activating group) is 1. The fourth-order valence-corrected chi connectivity index (χ4v) is 2.63. The first-order valence-electron chi connectivity index (χ1n) is 7.39. The molecule has 3 rings (SSSR count). The molecule has 0 bridgehead atoms. The molecule has 2 aromatic heterocycles. The van der Waals surface area contributed by atoms with Crippen molar-refractivity contribution < 1.29 is 4.42 Å². The molecule has 1 atom stereocenters. The Morgan fingerprint density at radius 1 is 1.19 bits per heavy atom. The molecule has 0 radical (unpaired) electrons. The van der Waals surface area contributed by atoms with Crippen LogP contribution in [-0.4, -0.2) is 11.5 Å². The molecule has 0 aliphatic carbocycles. The van der Waals surface area contributed by atoms with Crippen LogP contribution in [-0.2, 0) is 6.42 Å². The van der Waals surface area contributed by atoms with Crippen LogP contribution in [0.15, 0.2) is 53.3 Å². The molecule has 0 saturated carbocycles. The van der Waals surface area contributed by atoms with Gasteiger partial charge >= 0.3 is 0 Å². The highest BCUT2D eigenvalue weighted by Crippen LogP contribution is 2.28. The summed E-state index contributed by atoms with van der Waals surface area (Å²) in [5.74, 6) is 0.